The molecule has 0 radical (unpaired) electrons. The van der Waals surface area contributed by atoms with Gasteiger partial charge in [-0.2, -0.15) is 0 Å². The van der Waals surface area contributed by atoms with Crippen LogP contribution in [0.15, 0.2) is 0 Å². The molecule has 0 spiro atoms. The molecule has 0 aromatic heterocycles. The Morgan fingerprint density at radius 3 is 0.778 bits per heavy atom. The van der Waals surface area contributed by atoms with E-state index in [9.17, 15) is 0 Å². The van der Waals surface area contributed by atoms with Gasteiger partial charge in [0.25, 0.3) is 0 Å². The van der Waals surface area contributed by atoms with Crippen LogP contribution in [-0.4, -0.2) is 25.7 Å². The van der Waals surface area contributed by atoms with E-state index >= 15 is 0 Å². The van der Waals surface area contributed by atoms with Gasteiger partial charge < -0.3 is 0 Å². The molecule has 0 fully saturated rings. The Kier molecular flexibility index (Phi) is 18.5. The highest BCUT2D eigenvalue weighted by Gasteiger charge is 2.13. The van der Waals surface area contributed by atoms with Crippen molar-refractivity contribution >= 4 is 25.7 Å². The van der Waals surface area contributed by atoms with E-state index in [1.165, 1.54) is 30.2 Å². The third-order valence-electron chi connectivity index (χ3n) is 4.33. The molecule has 0 nitrogen and oxygen atoms in total. The Morgan fingerprint density at radius 2 is 0.778 bits per heavy atom. The summed E-state index contributed by atoms with van der Waals surface area (Å²) >= 11 is 0. The fraction of sp³-hybridized carbons (Fsp3) is 1.00. The van der Waals surface area contributed by atoms with Crippen molar-refractivity contribution in [2.24, 2.45) is 0 Å². The zero-order valence-corrected chi connectivity index (χ0v) is 18.7. The second-order valence-electron chi connectivity index (χ2n) is 6.74. The van der Waals surface area contributed by atoms with Gasteiger partial charge in [-0.15, -0.1) is 0 Å². The second-order valence-corrected chi connectivity index (χ2v) is 20.2. The molecule has 0 unspecified atom stereocenters. The molecule has 0 saturated heterocycles. The van der Waals surface area contributed by atoms with Gasteiger partial charge in [0.1, 0.15) is 0 Å². The SMILES string of the molecule is CC[SiH2]C.CC[Si](C)(C)CC.CC[Si](C)(C)CC. The van der Waals surface area contributed by atoms with Crippen LogP contribution in [0.5, 0.6) is 0 Å². The highest BCUT2D eigenvalue weighted by atomic mass is 28.3. The molecule has 0 heterocycles. The molecule has 0 aliphatic rings. The van der Waals surface area contributed by atoms with Crippen LogP contribution < -0.4 is 0 Å². The van der Waals surface area contributed by atoms with E-state index in [1.807, 2.05) is 0 Å². The third kappa shape index (κ3) is 21.9. The average molecular weight is 307 g/mol. The summed E-state index contributed by atoms with van der Waals surface area (Å²) in [5.41, 5.74) is 0. The fourth-order valence-electron chi connectivity index (χ4n) is 0.500. The van der Waals surface area contributed by atoms with Crippen molar-refractivity contribution < 1.29 is 0 Å². The maximum absolute atomic E-state index is 2.44. The average Bonchev–Trinajstić information content (AvgIpc) is 2.39. The van der Waals surface area contributed by atoms with Crippen molar-refractivity contribution in [3.63, 3.8) is 0 Å². The molecule has 0 atom stereocenters. The molecule has 0 aliphatic carbocycles. The Hall–Kier alpha value is 0.651. The van der Waals surface area contributed by atoms with Crippen LogP contribution in [0.1, 0.15) is 34.6 Å². The van der Waals surface area contributed by atoms with Gasteiger partial charge in [0, 0.05) is 25.7 Å². The van der Waals surface area contributed by atoms with Crippen molar-refractivity contribution in [2.45, 2.75) is 97.6 Å². The van der Waals surface area contributed by atoms with E-state index in [0.717, 1.165) is 0 Å². The predicted molar refractivity (Wildman–Crippen MR) is 102 cm³/mol. The van der Waals surface area contributed by atoms with Crippen LogP contribution >= 0.6 is 0 Å². The van der Waals surface area contributed by atoms with Gasteiger partial charge >= 0.3 is 0 Å². The normalized spacial score (nSPS) is 11.7. The zero-order valence-electron chi connectivity index (χ0n) is 15.2. The van der Waals surface area contributed by atoms with E-state index in [2.05, 4.69) is 67.4 Å². The van der Waals surface area contributed by atoms with Gasteiger partial charge in [-0.25, -0.2) is 0 Å². The molecule has 114 valence electrons. The van der Waals surface area contributed by atoms with Gasteiger partial charge in [0.2, 0.25) is 0 Å². The number of rotatable bonds is 5. The lowest BCUT2D eigenvalue weighted by Crippen LogP contribution is -2.21. The van der Waals surface area contributed by atoms with Crippen molar-refractivity contribution in [1.82, 2.24) is 0 Å². The Bertz CT molecular complexity index is 124. The fourth-order valence-corrected chi connectivity index (χ4v) is 1.50. The first-order chi connectivity index (χ1) is 8.16. The summed E-state index contributed by atoms with van der Waals surface area (Å²) in [6, 6.07) is 7.19. The minimum Gasteiger partial charge on any atom is -0.0748 e. The molecular formula is C15H42Si3. The van der Waals surface area contributed by atoms with Crippen molar-refractivity contribution in [3.05, 3.63) is 0 Å². The summed E-state index contributed by atoms with van der Waals surface area (Å²) in [5.74, 6) is 0. The highest BCUT2D eigenvalue weighted by molar-refractivity contribution is 6.77. The summed E-state index contributed by atoms with van der Waals surface area (Å²) in [6.07, 6.45) is 0. The molecule has 0 saturated carbocycles. The molecule has 3 heteroatoms. The minimum absolute atomic E-state index is 0.424. The third-order valence-corrected chi connectivity index (χ3v) is 13.0. The number of hydrogen-bond acceptors (Lipinski definition) is 0. The van der Waals surface area contributed by atoms with Crippen molar-refractivity contribution in [2.75, 3.05) is 0 Å². The maximum Gasteiger partial charge on any atom is 0.0468 e. The van der Waals surface area contributed by atoms with E-state index in [1.54, 1.807) is 0 Å². The molecule has 0 amide bonds. The summed E-state index contributed by atoms with van der Waals surface area (Å²) in [4.78, 5) is 0. The van der Waals surface area contributed by atoms with Crippen LogP contribution in [0, 0.1) is 0 Å². The quantitative estimate of drug-likeness (QED) is 0.537. The van der Waals surface area contributed by atoms with Crippen LogP contribution in [0.4, 0.5) is 0 Å². The first-order valence-electron chi connectivity index (χ1n) is 8.16. The molecule has 18 heavy (non-hydrogen) atoms. The van der Waals surface area contributed by atoms with Gasteiger partial charge in [0.05, 0.1) is 0 Å². The summed E-state index contributed by atoms with van der Waals surface area (Å²) in [7, 11) is -0.878. The lowest BCUT2D eigenvalue weighted by Gasteiger charge is -2.15. The molecule has 0 N–H and O–H groups in total. The minimum atomic E-state index is -0.651. The van der Waals surface area contributed by atoms with E-state index in [0.29, 0.717) is 9.52 Å². The lowest BCUT2D eigenvalue weighted by atomic mass is 10.9. The van der Waals surface area contributed by atoms with Crippen LogP contribution in [0.3, 0.4) is 0 Å². The molecule has 0 bridgehead atoms. The number of hydrogen-bond donors (Lipinski definition) is 0. The zero-order chi connectivity index (χ0) is 15.2. The highest BCUT2D eigenvalue weighted by Crippen LogP contribution is 2.12. The smallest absolute Gasteiger partial charge is 0.0468 e. The van der Waals surface area contributed by atoms with Gasteiger partial charge in [-0.1, -0.05) is 97.6 Å². The Balaban J connectivity index is -0.000000196. The van der Waals surface area contributed by atoms with Crippen molar-refractivity contribution in [3.8, 4) is 0 Å². The maximum atomic E-state index is 2.44. The first-order valence-corrected chi connectivity index (χ1v) is 17.4. The van der Waals surface area contributed by atoms with Crippen molar-refractivity contribution in [1.29, 1.82) is 0 Å². The standard InChI is InChI=1S/2C6H16Si.C3H10Si/c2*1-5-7(3,4)6-2;1-3-4-2/h2*5-6H2,1-4H3;3-4H2,1-2H3. The predicted octanol–water partition coefficient (Wildman–Crippen LogP) is 6.11. The van der Waals surface area contributed by atoms with Gasteiger partial charge in [-0.05, 0) is 0 Å². The topological polar surface area (TPSA) is 0 Å². The van der Waals surface area contributed by atoms with E-state index in [4.69, 9.17) is 0 Å². The van der Waals surface area contributed by atoms with Crippen LogP contribution in [0.2, 0.25) is 63.0 Å². The summed E-state index contributed by atoms with van der Waals surface area (Å²) < 4.78 is 0. The van der Waals surface area contributed by atoms with Gasteiger partial charge in [-0.3, -0.25) is 0 Å². The molecular weight excluding hydrogens is 264 g/mol. The molecule has 0 aromatic carbocycles. The van der Waals surface area contributed by atoms with Crippen LogP contribution in [0.25, 0.3) is 0 Å². The molecule has 0 aromatic rings. The van der Waals surface area contributed by atoms with Gasteiger partial charge in [0.15, 0.2) is 0 Å². The summed E-state index contributed by atoms with van der Waals surface area (Å²) in [5, 5.41) is 0. The Morgan fingerprint density at radius 1 is 0.611 bits per heavy atom. The second kappa shape index (κ2) is 14.1. The van der Waals surface area contributed by atoms with Crippen LogP contribution in [-0.2, 0) is 0 Å². The molecule has 0 rings (SSSR count). The largest absolute Gasteiger partial charge is 0.0748 e. The monoisotopic (exact) mass is 306 g/mol. The first kappa shape index (κ1) is 23.7. The van der Waals surface area contributed by atoms with E-state index in [-0.39, 0.29) is 0 Å². The lowest BCUT2D eigenvalue weighted by molar-refractivity contribution is 1.25. The van der Waals surface area contributed by atoms with E-state index < -0.39 is 16.1 Å². The molecule has 0 aliphatic heterocycles. The Labute approximate surface area is 123 Å². The summed E-state index contributed by atoms with van der Waals surface area (Å²) in [6.45, 7) is 23.5.